The molecule has 0 aromatic carbocycles. The van der Waals surface area contributed by atoms with Gasteiger partial charge in [-0.2, -0.15) is 5.26 Å². The first-order valence-electron chi connectivity index (χ1n) is 3.51. The minimum atomic E-state index is -0.300. The van der Waals surface area contributed by atoms with Crippen LogP contribution in [0.4, 0.5) is 5.82 Å². The molecule has 68 valence electrons. The Morgan fingerprint density at radius 3 is 3.15 bits per heavy atom. The van der Waals surface area contributed by atoms with E-state index < -0.39 is 0 Å². The van der Waals surface area contributed by atoms with Gasteiger partial charge >= 0.3 is 0 Å². The molecule has 0 saturated heterocycles. The van der Waals surface area contributed by atoms with Crippen LogP contribution in [0.3, 0.4) is 0 Å². The van der Waals surface area contributed by atoms with Crippen LogP contribution in [0, 0.1) is 11.3 Å². The number of hydrogen-bond acceptors (Lipinski definition) is 5. The molecule has 1 aromatic rings. The lowest BCUT2D eigenvalue weighted by Crippen LogP contribution is -2.27. The number of anilines is 1. The Hall–Kier alpha value is -2.10. The molecule has 0 saturated carbocycles. The maximum absolute atomic E-state index is 11.0. The van der Waals surface area contributed by atoms with Gasteiger partial charge in [0.05, 0.1) is 12.3 Å². The number of carbonyl (C=O) groups is 1. The van der Waals surface area contributed by atoms with Gasteiger partial charge in [0.25, 0.3) is 0 Å². The van der Waals surface area contributed by atoms with Gasteiger partial charge in [-0.25, -0.2) is 4.68 Å². The lowest BCUT2D eigenvalue weighted by Gasteiger charge is -1.98. The average Bonchev–Trinajstić information content (AvgIpc) is 2.48. The third-order valence-electron chi connectivity index (χ3n) is 1.23. The number of aromatic nitrogens is 3. The molecule has 3 N–H and O–H groups in total. The molecule has 0 bridgehead atoms. The quantitative estimate of drug-likeness (QED) is 0.550. The molecule has 7 heteroatoms. The number of carbonyl (C=O) groups excluding carboxylic acids is 1. The highest BCUT2D eigenvalue weighted by Crippen LogP contribution is 1.91. The fourth-order valence-corrected chi connectivity index (χ4v) is 0.732. The predicted molar refractivity (Wildman–Crippen MR) is 43.1 cm³/mol. The van der Waals surface area contributed by atoms with Crippen molar-refractivity contribution >= 4 is 11.7 Å². The van der Waals surface area contributed by atoms with Crippen LogP contribution in [0.5, 0.6) is 0 Å². The Kier molecular flexibility index (Phi) is 2.81. The van der Waals surface area contributed by atoms with Crippen molar-refractivity contribution < 1.29 is 4.79 Å². The summed E-state index contributed by atoms with van der Waals surface area (Å²) in [6.45, 7) is 0.00882. The highest BCUT2D eigenvalue weighted by molar-refractivity contribution is 5.75. The molecule has 0 spiro atoms. The lowest BCUT2D eigenvalue weighted by molar-refractivity contribution is -0.121. The Labute approximate surface area is 74.1 Å². The normalized spacial score (nSPS) is 9.15. The number of hydrogen-bond donors (Lipinski definition) is 2. The number of amides is 1. The molecule has 0 aliphatic heterocycles. The minimum absolute atomic E-state index is 0.0109. The minimum Gasteiger partial charge on any atom is -0.381 e. The van der Waals surface area contributed by atoms with Gasteiger partial charge in [0.2, 0.25) is 5.91 Å². The molecule has 0 fully saturated rings. The zero-order valence-corrected chi connectivity index (χ0v) is 6.77. The molecular weight excluding hydrogens is 172 g/mol. The van der Waals surface area contributed by atoms with Crippen molar-refractivity contribution in [3.63, 3.8) is 0 Å². The second kappa shape index (κ2) is 4.06. The van der Waals surface area contributed by atoms with Crippen LogP contribution >= 0.6 is 0 Å². The topological polar surface area (TPSA) is 110 Å². The van der Waals surface area contributed by atoms with Gasteiger partial charge in [0.1, 0.15) is 13.1 Å². The Balaban J connectivity index is 2.41. The molecule has 0 aliphatic rings. The number of nitrogens with two attached hydrogens (primary N) is 1. The predicted octanol–water partition coefficient (Wildman–Crippen LogP) is -1.50. The van der Waals surface area contributed by atoms with Crippen LogP contribution < -0.4 is 11.1 Å². The maximum Gasteiger partial charge on any atom is 0.242 e. The molecule has 1 heterocycles. The highest BCUT2D eigenvalue weighted by atomic mass is 16.2. The van der Waals surface area contributed by atoms with Gasteiger partial charge in [-0.05, 0) is 0 Å². The van der Waals surface area contributed by atoms with Crippen LogP contribution in [-0.2, 0) is 11.3 Å². The van der Waals surface area contributed by atoms with Gasteiger partial charge in [-0.1, -0.05) is 5.21 Å². The van der Waals surface area contributed by atoms with Crippen LogP contribution in [0.15, 0.2) is 6.20 Å². The van der Waals surface area contributed by atoms with Crippen molar-refractivity contribution in [3.8, 4) is 6.07 Å². The van der Waals surface area contributed by atoms with E-state index in [-0.39, 0.29) is 24.8 Å². The zero-order valence-electron chi connectivity index (χ0n) is 6.77. The summed E-state index contributed by atoms with van der Waals surface area (Å²) in [5.74, 6) is -0.0421. The molecule has 1 aromatic heterocycles. The fourth-order valence-electron chi connectivity index (χ4n) is 0.732. The van der Waals surface area contributed by atoms with Crippen LogP contribution in [-0.4, -0.2) is 27.4 Å². The van der Waals surface area contributed by atoms with Gasteiger partial charge < -0.3 is 11.1 Å². The molecule has 0 unspecified atom stereocenters. The number of nitrogens with one attached hydrogen (secondary N) is 1. The Morgan fingerprint density at radius 1 is 1.85 bits per heavy atom. The maximum atomic E-state index is 11.0. The van der Waals surface area contributed by atoms with E-state index in [1.165, 1.54) is 10.9 Å². The third-order valence-corrected chi connectivity index (χ3v) is 1.23. The van der Waals surface area contributed by atoms with Crippen molar-refractivity contribution in [2.24, 2.45) is 0 Å². The van der Waals surface area contributed by atoms with Gasteiger partial charge in [0.15, 0.2) is 5.82 Å². The van der Waals surface area contributed by atoms with Crippen molar-refractivity contribution in [2.75, 3.05) is 12.3 Å². The van der Waals surface area contributed by atoms with Gasteiger partial charge in [0, 0.05) is 0 Å². The molecule has 0 aliphatic carbocycles. The second-order valence-electron chi connectivity index (χ2n) is 2.28. The van der Waals surface area contributed by atoms with Crippen molar-refractivity contribution in [3.05, 3.63) is 6.20 Å². The van der Waals surface area contributed by atoms with Crippen LogP contribution in [0.2, 0.25) is 0 Å². The van der Waals surface area contributed by atoms with Crippen LogP contribution in [0.1, 0.15) is 0 Å². The summed E-state index contributed by atoms with van der Waals surface area (Å²) in [6, 6.07) is 1.79. The van der Waals surface area contributed by atoms with E-state index in [4.69, 9.17) is 11.0 Å². The first-order valence-corrected chi connectivity index (χ1v) is 3.51. The number of rotatable bonds is 3. The third kappa shape index (κ3) is 2.78. The van der Waals surface area contributed by atoms with Gasteiger partial charge in [-0.15, -0.1) is 5.10 Å². The van der Waals surface area contributed by atoms with E-state index in [0.29, 0.717) is 0 Å². The molecule has 1 amide bonds. The summed E-state index contributed by atoms with van der Waals surface area (Å²) in [5, 5.41) is 17.6. The first kappa shape index (κ1) is 8.99. The van der Waals surface area contributed by atoms with E-state index >= 15 is 0 Å². The Morgan fingerprint density at radius 2 is 2.62 bits per heavy atom. The van der Waals surface area contributed by atoms with Crippen molar-refractivity contribution in [1.82, 2.24) is 20.3 Å². The Bertz CT molecular complexity index is 337. The zero-order chi connectivity index (χ0) is 9.68. The monoisotopic (exact) mass is 180 g/mol. The number of nitriles is 1. The number of nitrogens with zero attached hydrogens (tertiary/aromatic N) is 4. The van der Waals surface area contributed by atoms with E-state index in [9.17, 15) is 4.79 Å². The highest BCUT2D eigenvalue weighted by Gasteiger charge is 2.02. The van der Waals surface area contributed by atoms with E-state index in [1.54, 1.807) is 6.07 Å². The molecular formula is C6H8N6O. The largest absolute Gasteiger partial charge is 0.381 e. The smallest absolute Gasteiger partial charge is 0.242 e. The fraction of sp³-hybridized carbons (Fsp3) is 0.333. The average molecular weight is 180 g/mol. The standard InChI is InChI=1S/C6H8N6O/c7-1-2-9-6(13)4-12-3-5(8)10-11-12/h3H,2,4,8H2,(H,9,13). The summed E-state index contributed by atoms with van der Waals surface area (Å²) >= 11 is 0. The molecule has 1 rings (SSSR count). The molecule has 0 atom stereocenters. The second-order valence-corrected chi connectivity index (χ2v) is 2.28. The lowest BCUT2D eigenvalue weighted by atomic mass is 10.5. The molecule has 0 radical (unpaired) electrons. The van der Waals surface area contributed by atoms with Gasteiger partial charge in [-0.3, -0.25) is 4.79 Å². The van der Waals surface area contributed by atoms with E-state index in [1.807, 2.05) is 0 Å². The van der Waals surface area contributed by atoms with E-state index in [0.717, 1.165) is 0 Å². The summed E-state index contributed by atoms with van der Waals surface area (Å²) in [6.07, 6.45) is 1.44. The summed E-state index contributed by atoms with van der Waals surface area (Å²) in [4.78, 5) is 11.0. The van der Waals surface area contributed by atoms with Crippen molar-refractivity contribution in [2.45, 2.75) is 6.54 Å². The summed E-state index contributed by atoms with van der Waals surface area (Å²) < 4.78 is 1.29. The first-order chi connectivity index (χ1) is 6.22. The molecule has 13 heavy (non-hydrogen) atoms. The SMILES string of the molecule is N#CCNC(=O)Cn1cc(N)nn1. The number of nitrogen functional groups attached to an aromatic ring is 1. The summed E-state index contributed by atoms with van der Waals surface area (Å²) in [7, 11) is 0. The summed E-state index contributed by atoms with van der Waals surface area (Å²) in [5.41, 5.74) is 5.28. The van der Waals surface area contributed by atoms with Crippen molar-refractivity contribution in [1.29, 1.82) is 5.26 Å². The van der Waals surface area contributed by atoms with E-state index in [2.05, 4.69) is 15.6 Å². The van der Waals surface area contributed by atoms with Crippen LogP contribution in [0.25, 0.3) is 0 Å². The molecule has 7 nitrogen and oxygen atoms in total.